The van der Waals surface area contributed by atoms with Crippen molar-refractivity contribution in [3.8, 4) is 0 Å². The normalized spacial score (nSPS) is 10.4. The van der Waals surface area contributed by atoms with Gasteiger partial charge in [0.05, 0.1) is 13.6 Å². The molecule has 0 aliphatic carbocycles. The molecule has 1 N–H and O–H groups in total. The van der Waals surface area contributed by atoms with Gasteiger partial charge < -0.3 is 5.11 Å². The summed E-state index contributed by atoms with van der Waals surface area (Å²) in [4.78, 5) is 10.2. The van der Waals surface area contributed by atoms with Crippen molar-refractivity contribution < 1.29 is 14.5 Å². The number of unbranched alkanes of at least 4 members (excludes halogenated alkanes) is 2. The van der Waals surface area contributed by atoms with Gasteiger partial charge in [-0.05, 0) is 19.3 Å². The molecule has 0 atom stereocenters. The van der Waals surface area contributed by atoms with Crippen LogP contribution in [-0.2, 0) is 18.4 Å². The van der Waals surface area contributed by atoms with Crippen molar-refractivity contribution in [1.29, 1.82) is 0 Å². The molecule has 14 heavy (non-hydrogen) atoms. The molecule has 1 rings (SSSR count). The second-order valence-corrected chi connectivity index (χ2v) is 3.52. The molecule has 0 aromatic carbocycles. The molecule has 0 amide bonds. The van der Waals surface area contributed by atoms with Crippen molar-refractivity contribution in [3.05, 3.63) is 18.7 Å². The van der Waals surface area contributed by atoms with Crippen molar-refractivity contribution in [2.75, 3.05) is 0 Å². The first-order chi connectivity index (χ1) is 6.68. The summed E-state index contributed by atoms with van der Waals surface area (Å²) in [6, 6.07) is 0. The van der Waals surface area contributed by atoms with Crippen LogP contribution in [0.2, 0.25) is 0 Å². The molecule has 0 aliphatic rings. The summed E-state index contributed by atoms with van der Waals surface area (Å²) >= 11 is 0. The fourth-order valence-corrected chi connectivity index (χ4v) is 1.38. The van der Waals surface area contributed by atoms with E-state index in [1.807, 2.05) is 30.3 Å². The zero-order chi connectivity index (χ0) is 10.4. The van der Waals surface area contributed by atoms with E-state index in [4.69, 9.17) is 5.11 Å². The smallest absolute Gasteiger partial charge is 0.303 e. The number of rotatable bonds is 6. The predicted octanol–water partition coefficient (Wildman–Crippen LogP) is 0.958. The van der Waals surface area contributed by atoms with E-state index < -0.39 is 5.97 Å². The molecule has 1 aromatic heterocycles. The van der Waals surface area contributed by atoms with E-state index in [1.165, 1.54) is 0 Å². The molecule has 0 bridgehead atoms. The van der Waals surface area contributed by atoms with Crippen LogP contribution >= 0.6 is 0 Å². The minimum absolute atomic E-state index is 0.291. The number of nitrogens with zero attached hydrogens (tertiary/aromatic N) is 2. The van der Waals surface area contributed by atoms with Gasteiger partial charge in [0.2, 0.25) is 6.33 Å². The highest BCUT2D eigenvalue weighted by molar-refractivity contribution is 5.66. The van der Waals surface area contributed by atoms with Crippen LogP contribution in [0.25, 0.3) is 0 Å². The highest BCUT2D eigenvalue weighted by Gasteiger charge is 2.00. The monoisotopic (exact) mass is 197 g/mol. The Morgan fingerprint density at radius 1 is 1.43 bits per heavy atom. The molecule has 4 nitrogen and oxygen atoms in total. The fourth-order valence-electron chi connectivity index (χ4n) is 1.38. The summed E-state index contributed by atoms with van der Waals surface area (Å²) in [5.74, 6) is -0.697. The summed E-state index contributed by atoms with van der Waals surface area (Å²) in [7, 11) is 1.99. The Morgan fingerprint density at radius 3 is 2.79 bits per heavy atom. The number of hydrogen-bond acceptors (Lipinski definition) is 1. The van der Waals surface area contributed by atoms with Gasteiger partial charge in [-0.1, -0.05) is 0 Å². The molecular formula is C10H17N2O2+. The maximum atomic E-state index is 10.2. The zero-order valence-corrected chi connectivity index (χ0v) is 8.52. The van der Waals surface area contributed by atoms with Crippen molar-refractivity contribution >= 4 is 5.97 Å². The van der Waals surface area contributed by atoms with Gasteiger partial charge in [-0.25, -0.2) is 9.13 Å². The number of imidazole rings is 1. The lowest BCUT2D eigenvalue weighted by Crippen LogP contribution is -2.23. The third-order valence-corrected chi connectivity index (χ3v) is 2.13. The molecule has 0 aliphatic heterocycles. The molecule has 0 fully saturated rings. The van der Waals surface area contributed by atoms with Gasteiger partial charge in [-0.2, -0.15) is 0 Å². The summed E-state index contributed by atoms with van der Waals surface area (Å²) < 4.78 is 4.11. The topological polar surface area (TPSA) is 46.1 Å². The molecule has 0 unspecified atom stereocenters. The lowest BCUT2D eigenvalue weighted by atomic mass is 10.2. The zero-order valence-electron chi connectivity index (χ0n) is 8.52. The van der Waals surface area contributed by atoms with Crippen LogP contribution in [0.4, 0.5) is 0 Å². The van der Waals surface area contributed by atoms with Gasteiger partial charge >= 0.3 is 5.97 Å². The number of carboxylic acids is 1. The highest BCUT2D eigenvalue weighted by atomic mass is 16.4. The first kappa shape index (κ1) is 10.8. The third kappa shape index (κ3) is 4.07. The average molecular weight is 197 g/mol. The van der Waals surface area contributed by atoms with E-state index in [1.54, 1.807) is 0 Å². The number of hydrogen-bond donors (Lipinski definition) is 1. The van der Waals surface area contributed by atoms with E-state index in [2.05, 4.69) is 4.57 Å². The molecule has 0 saturated carbocycles. The van der Waals surface area contributed by atoms with E-state index in [0.717, 1.165) is 25.8 Å². The van der Waals surface area contributed by atoms with Gasteiger partial charge in [-0.15, -0.1) is 0 Å². The van der Waals surface area contributed by atoms with Crippen molar-refractivity contribution in [2.45, 2.75) is 32.2 Å². The average Bonchev–Trinajstić information content (AvgIpc) is 2.50. The van der Waals surface area contributed by atoms with E-state index in [-0.39, 0.29) is 0 Å². The minimum Gasteiger partial charge on any atom is -0.481 e. The maximum absolute atomic E-state index is 10.2. The van der Waals surface area contributed by atoms with Gasteiger partial charge in [0.15, 0.2) is 0 Å². The molecule has 78 valence electrons. The van der Waals surface area contributed by atoms with Gasteiger partial charge in [0.25, 0.3) is 0 Å². The fraction of sp³-hybridized carbons (Fsp3) is 0.600. The first-order valence-corrected chi connectivity index (χ1v) is 4.91. The molecule has 0 saturated heterocycles. The van der Waals surface area contributed by atoms with Gasteiger partial charge in [-0.3, -0.25) is 4.79 Å². The molecule has 1 aromatic rings. The molecule has 0 radical (unpaired) electrons. The minimum atomic E-state index is -0.697. The maximum Gasteiger partial charge on any atom is 0.303 e. The number of aromatic nitrogens is 2. The first-order valence-electron chi connectivity index (χ1n) is 4.91. The summed E-state index contributed by atoms with van der Waals surface area (Å²) in [6.07, 6.45) is 9.14. The van der Waals surface area contributed by atoms with Crippen LogP contribution in [0, 0.1) is 0 Å². The number of carbonyl (C=O) groups is 1. The second kappa shape index (κ2) is 5.42. The lowest BCUT2D eigenvalue weighted by Gasteiger charge is -1.96. The van der Waals surface area contributed by atoms with Gasteiger partial charge in [0, 0.05) is 6.42 Å². The Balaban J connectivity index is 2.07. The lowest BCUT2D eigenvalue weighted by molar-refractivity contribution is -0.671. The van der Waals surface area contributed by atoms with E-state index >= 15 is 0 Å². The number of carboxylic acid groups (broad SMARTS) is 1. The van der Waals surface area contributed by atoms with E-state index in [0.29, 0.717) is 6.42 Å². The second-order valence-electron chi connectivity index (χ2n) is 3.52. The molecule has 4 heteroatoms. The Morgan fingerprint density at radius 2 is 2.21 bits per heavy atom. The molecule has 1 heterocycles. The number of aliphatic carboxylic acids is 1. The molecule has 0 spiro atoms. The van der Waals surface area contributed by atoms with Crippen molar-refractivity contribution in [1.82, 2.24) is 4.57 Å². The van der Waals surface area contributed by atoms with Crippen LogP contribution in [-0.4, -0.2) is 15.6 Å². The predicted molar refractivity (Wildman–Crippen MR) is 51.7 cm³/mol. The Hall–Kier alpha value is -1.32. The van der Waals surface area contributed by atoms with E-state index in [9.17, 15) is 4.79 Å². The van der Waals surface area contributed by atoms with Crippen LogP contribution < -0.4 is 4.57 Å². The highest BCUT2D eigenvalue weighted by Crippen LogP contribution is 2.01. The van der Waals surface area contributed by atoms with Crippen LogP contribution in [0.5, 0.6) is 0 Å². The van der Waals surface area contributed by atoms with Gasteiger partial charge in [0.1, 0.15) is 12.4 Å². The van der Waals surface area contributed by atoms with Crippen LogP contribution in [0.3, 0.4) is 0 Å². The standard InChI is InChI=1S/C10H16N2O2/c1-11-7-8-12(9-11)6-4-2-3-5-10(13)14/h7-9H,2-6H2,1H3/p+1. The van der Waals surface area contributed by atoms with Crippen molar-refractivity contribution in [2.24, 2.45) is 7.05 Å². The Labute approximate surface area is 83.8 Å². The van der Waals surface area contributed by atoms with Crippen molar-refractivity contribution in [3.63, 3.8) is 0 Å². The summed E-state index contributed by atoms with van der Waals surface area (Å²) in [6.45, 7) is 0.973. The summed E-state index contributed by atoms with van der Waals surface area (Å²) in [5.41, 5.74) is 0. The van der Waals surface area contributed by atoms with Crippen LogP contribution in [0.1, 0.15) is 25.7 Å². The van der Waals surface area contributed by atoms with Crippen LogP contribution in [0.15, 0.2) is 18.7 Å². The Kier molecular flexibility index (Phi) is 4.16. The quantitative estimate of drug-likeness (QED) is 0.545. The Bertz CT molecular complexity index is 294. The summed E-state index contributed by atoms with van der Waals surface area (Å²) in [5, 5.41) is 8.42. The third-order valence-electron chi connectivity index (χ3n) is 2.13. The SMILES string of the molecule is C[n+]1ccn(CCCCCC(=O)O)c1. The number of aryl methyl sites for hydroxylation is 2. The molecular weight excluding hydrogens is 180 g/mol. The largest absolute Gasteiger partial charge is 0.481 e.